The van der Waals surface area contributed by atoms with Crippen LogP contribution < -0.4 is 14.8 Å². The first kappa shape index (κ1) is 21.8. The minimum Gasteiger partial charge on any atom is -0.456 e. The van der Waals surface area contributed by atoms with Crippen molar-refractivity contribution in [3.63, 3.8) is 0 Å². The molecule has 1 heterocycles. The second kappa shape index (κ2) is 8.86. The smallest absolute Gasteiger partial charge is 0.246 e. The average Bonchev–Trinajstić information content (AvgIpc) is 3.04. The maximum absolute atomic E-state index is 12.5. The lowest BCUT2D eigenvalue weighted by Gasteiger charge is -2.14. The highest BCUT2D eigenvalue weighted by Gasteiger charge is 2.28. The summed E-state index contributed by atoms with van der Waals surface area (Å²) in [6.07, 6.45) is 0. The van der Waals surface area contributed by atoms with Gasteiger partial charge in [-0.05, 0) is 57.2 Å². The second-order valence-electron chi connectivity index (χ2n) is 6.54. The largest absolute Gasteiger partial charge is 0.456 e. The quantitative estimate of drug-likeness (QED) is 0.563. The lowest BCUT2D eigenvalue weighted by molar-refractivity contribution is -0.117. The molecule has 158 valence electrons. The van der Waals surface area contributed by atoms with Gasteiger partial charge in [-0.15, -0.1) is 0 Å². The number of nitrogens with zero attached hydrogens (tertiary/aromatic N) is 1. The van der Waals surface area contributed by atoms with Crippen LogP contribution in [0.1, 0.15) is 18.4 Å². The van der Waals surface area contributed by atoms with Gasteiger partial charge in [0, 0.05) is 5.69 Å². The molecule has 0 saturated heterocycles. The van der Waals surface area contributed by atoms with Crippen molar-refractivity contribution in [1.82, 2.24) is 9.88 Å². The predicted octanol–water partition coefficient (Wildman–Crippen LogP) is 4.04. The zero-order valence-electron chi connectivity index (χ0n) is 16.5. The van der Waals surface area contributed by atoms with E-state index in [0.29, 0.717) is 22.2 Å². The number of aryl methyl sites for hydroxylation is 2. The van der Waals surface area contributed by atoms with Crippen molar-refractivity contribution < 1.29 is 22.5 Å². The zero-order chi connectivity index (χ0) is 21.9. The molecule has 0 aliphatic heterocycles. The number of benzene rings is 2. The highest BCUT2D eigenvalue weighted by Crippen LogP contribution is 2.29. The van der Waals surface area contributed by atoms with Gasteiger partial charge in [0.05, 0.1) is 11.1 Å². The molecule has 0 aliphatic carbocycles. The number of sulfonamides is 1. The normalized spacial score (nSPS) is 12.4. The van der Waals surface area contributed by atoms with E-state index in [4.69, 9.17) is 20.9 Å². The lowest BCUT2D eigenvalue weighted by Crippen LogP contribution is -2.41. The molecule has 0 radical (unpaired) electrons. The fourth-order valence-corrected chi connectivity index (χ4v) is 4.42. The van der Waals surface area contributed by atoms with Crippen molar-refractivity contribution in [3.05, 3.63) is 65.0 Å². The fraction of sp³-hybridized carbons (Fsp3) is 0.200. The average molecular weight is 450 g/mol. The van der Waals surface area contributed by atoms with Crippen LogP contribution >= 0.6 is 11.6 Å². The number of amides is 1. The molecule has 1 amide bonds. The van der Waals surface area contributed by atoms with Crippen molar-refractivity contribution in [2.75, 3.05) is 5.32 Å². The minimum absolute atomic E-state index is 0.0665. The van der Waals surface area contributed by atoms with Gasteiger partial charge in [-0.1, -0.05) is 28.9 Å². The number of rotatable bonds is 7. The van der Waals surface area contributed by atoms with Crippen LogP contribution in [0.5, 0.6) is 11.5 Å². The summed E-state index contributed by atoms with van der Waals surface area (Å²) >= 11 is 6.07. The second-order valence-corrected chi connectivity index (χ2v) is 8.60. The Labute approximate surface area is 179 Å². The number of aromatic nitrogens is 1. The van der Waals surface area contributed by atoms with Gasteiger partial charge in [0.15, 0.2) is 5.76 Å². The van der Waals surface area contributed by atoms with E-state index in [2.05, 4.69) is 15.2 Å². The first-order valence-corrected chi connectivity index (χ1v) is 10.8. The summed E-state index contributed by atoms with van der Waals surface area (Å²) in [7, 11) is -3.96. The van der Waals surface area contributed by atoms with E-state index in [1.807, 2.05) is 0 Å². The topological polar surface area (TPSA) is 111 Å². The molecule has 1 aromatic heterocycles. The monoisotopic (exact) mass is 449 g/mol. The summed E-state index contributed by atoms with van der Waals surface area (Å²) in [5, 5.41) is 6.77. The molecular formula is C20H20ClN3O5S. The molecular weight excluding hydrogens is 430 g/mol. The van der Waals surface area contributed by atoms with Crippen LogP contribution in [-0.4, -0.2) is 25.5 Å². The number of hydrogen-bond acceptors (Lipinski definition) is 6. The van der Waals surface area contributed by atoms with Gasteiger partial charge in [0.25, 0.3) is 0 Å². The number of nitrogens with one attached hydrogen (secondary N) is 2. The van der Waals surface area contributed by atoms with Gasteiger partial charge in [-0.3, -0.25) is 4.79 Å². The standard InChI is InChI=1S/C20H20ClN3O5S/c1-12-19(14(3)29-23-12)30(26,27)24-13(2)20(25)22-15-8-10-16(11-9-15)28-18-7-5-4-6-17(18)21/h4-11,13,24H,1-3H3,(H,22,25). The number of carbonyl (C=O) groups excluding carboxylic acids is 1. The highest BCUT2D eigenvalue weighted by molar-refractivity contribution is 7.89. The van der Waals surface area contributed by atoms with E-state index in [1.54, 1.807) is 48.5 Å². The zero-order valence-corrected chi connectivity index (χ0v) is 18.0. The van der Waals surface area contributed by atoms with Gasteiger partial charge in [0.2, 0.25) is 15.9 Å². The van der Waals surface area contributed by atoms with Crippen LogP contribution in [0.2, 0.25) is 5.02 Å². The Balaban J connectivity index is 1.63. The van der Waals surface area contributed by atoms with Crippen LogP contribution in [0, 0.1) is 13.8 Å². The van der Waals surface area contributed by atoms with E-state index >= 15 is 0 Å². The first-order chi connectivity index (χ1) is 14.2. The number of carbonyl (C=O) groups is 1. The number of halogens is 1. The third kappa shape index (κ3) is 4.99. The Morgan fingerprint density at radius 1 is 1.13 bits per heavy atom. The van der Waals surface area contributed by atoms with Gasteiger partial charge < -0.3 is 14.6 Å². The van der Waals surface area contributed by atoms with E-state index in [1.165, 1.54) is 20.8 Å². The molecule has 2 N–H and O–H groups in total. The summed E-state index contributed by atoms with van der Waals surface area (Å²) in [5.41, 5.74) is 0.705. The van der Waals surface area contributed by atoms with Crippen molar-refractivity contribution in [3.8, 4) is 11.5 Å². The number of para-hydroxylation sites is 1. The maximum Gasteiger partial charge on any atom is 0.246 e. The third-order valence-electron chi connectivity index (χ3n) is 4.15. The lowest BCUT2D eigenvalue weighted by atomic mass is 10.2. The van der Waals surface area contributed by atoms with Crippen molar-refractivity contribution in [1.29, 1.82) is 0 Å². The van der Waals surface area contributed by atoms with Crippen LogP contribution in [0.15, 0.2) is 57.9 Å². The van der Waals surface area contributed by atoms with E-state index < -0.39 is 22.0 Å². The fourth-order valence-electron chi connectivity index (χ4n) is 2.71. The summed E-state index contributed by atoms with van der Waals surface area (Å²) in [5.74, 6) is 0.679. The summed E-state index contributed by atoms with van der Waals surface area (Å²) in [6, 6.07) is 12.6. The predicted molar refractivity (Wildman–Crippen MR) is 112 cm³/mol. The number of ether oxygens (including phenoxy) is 1. The van der Waals surface area contributed by atoms with Gasteiger partial charge in [0.1, 0.15) is 22.1 Å². The van der Waals surface area contributed by atoms with Crippen LogP contribution in [0.3, 0.4) is 0 Å². The molecule has 10 heteroatoms. The number of hydrogen-bond donors (Lipinski definition) is 2. The minimum atomic E-state index is -3.96. The van der Waals surface area contributed by atoms with E-state index in [0.717, 1.165) is 0 Å². The van der Waals surface area contributed by atoms with Crippen LogP contribution in [0.4, 0.5) is 5.69 Å². The SMILES string of the molecule is Cc1noc(C)c1S(=O)(=O)NC(C)C(=O)Nc1ccc(Oc2ccccc2Cl)cc1. The van der Waals surface area contributed by atoms with Gasteiger partial charge in [-0.25, -0.2) is 8.42 Å². The number of anilines is 1. The molecule has 3 rings (SSSR count). The van der Waals surface area contributed by atoms with Crippen molar-refractivity contribution in [2.45, 2.75) is 31.7 Å². The first-order valence-electron chi connectivity index (χ1n) is 8.96. The van der Waals surface area contributed by atoms with E-state index in [9.17, 15) is 13.2 Å². The Hall–Kier alpha value is -2.88. The highest BCUT2D eigenvalue weighted by atomic mass is 35.5. The molecule has 2 aromatic carbocycles. The molecule has 30 heavy (non-hydrogen) atoms. The molecule has 1 atom stereocenters. The summed E-state index contributed by atoms with van der Waals surface area (Å²) in [4.78, 5) is 12.4. The Kier molecular flexibility index (Phi) is 6.45. The van der Waals surface area contributed by atoms with Crippen molar-refractivity contribution >= 4 is 33.2 Å². The molecule has 0 bridgehead atoms. The molecule has 8 nitrogen and oxygen atoms in total. The van der Waals surface area contributed by atoms with Crippen LogP contribution in [-0.2, 0) is 14.8 Å². The maximum atomic E-state index is 12.5. The van der Waals surface area contributed by atoms with Gasteiger partial charge >= 0.3 is 0 Å². The molecule has 0 saturated carbocycles. The molecule has 0 spiro atoms. The summed E-state index contributed by atoms with van der Waals surface area (Å²) in [6.45, 7) is 4.45. The molecule has 0 aliphatic rings. The Morgan fingerprint density at radius 3 is 2.40 bits per heavy atom. The van der Waals surface area contributed by atoms with Gasteiger partial charge in [-0.2, -0.15) is 4.72 Å². The molecule has 1 unspecified atom stereocenters. The Bertz CT molecular complexity index is 1140. The third-order valence-corrected chi connectivity index (χ3v) is 6.24. The summed E-state index contributed by atoms with van der Waals surface area (Å²) < 4.78 is 38.0. The molecule has 3 aromatic rings. The van der Waals surface area contributed by atoms with Crippen molar-refractivity contribution in [2.24, 2.45) is 0 Å². The van der Waals surface area contributed by atoms with E-state index in [-0.39, 0.29) is 16.3 Å². The molecule has 0 fully saturated rings. The Morgan fingerprint density at radius 2 is 1.80 bits per heavy atom. The van der Waals surface area contributed by atoms with Crippen LogP contribution in [0.25, 0.3) is 0 Å².